The molecule has 1 heterocycles. The van der Waals surface area contributed by atoms with Crippen molar-refractivity contribution >= 4 is 17.3 Å². The molecule has 0 aliphatic rings. The van der Waals surface area contributed by atoms with Gasteiger partial charge in [0.05, 0.1) is 11.4 Å². The fourth-order valence-electron chi connectivity index (χ4n) is 2.39. The summed E-state index contributed by atoms with van der Waals surface area (Å²) in [5.41, 5.74) is 3.84. The monoisotopic (exact) mass is 342 g/mol. The van der Waals surface area contributed by atoms with Gasteiger partial charge in [-0.05, 0) is 31.2 Å². The third kappa shape index (κ3) is 3.53. The average molecular weight is 343 g/mol. The molecule has 0 amide bonds. The first-order valence-corrected chi connectivity index (χ1v) is 7.94. The van der Waals surface area contributed by atoms with Crippen molar-refractivity contribution in [2.45, 2.75) is 13.5 Å². The van der Waals surface area contributed by atoms with Gasteiger partial charge in [0.1, 0.15) is 6.61 Å². The molecule has 0 fully saturated rings. The molecule has 2 N–H and O–H groups in total. The molecular weight excluding hydrogens is 324 g/mol. The Bertz CT molecular complexity index is 827. The molecule has 3 aromatic rings. The Balaban J connectivity index is 1.76. The minimum atomic E-state index is 0.293. The lowest BCUT2D eigenvalue weighted by Crippen LogP contribution is -2.26. The van der Waals surface area contributed by atoms with Crippen molar-refractivity contribution in [1.29, 1.82) is 0 Å². The molecule has 6 heteroatoms. The molecule has 5 nitrogen and oxygen atoms in total. The van der Waals surface area contributed by atoms with Crippen LogP contribution in [0.25, 0.3) is 5.69 Å². The fourth-order valence-corrected chi connectivity index (χ4v) is 2.62. The van der Waals surface area contributed by atoms with E-state index in [9.17, 15) is 0 Å². The van der Waals surface area contributed by atoms with Crippen molar-refractivity contribution < 1.29 is 4.74 Å². The Labute approximate surface area is 146 Å². The van der Waals surface area contributed by atoms with Gasteiger partial charge in [-0.25, -0.2) is 10.5 Å². The van der Waals surface area contributed by atoms with Gasteiger partial charge in [-0.2, -0.15) is 0 Å². The average Bonchev–Trinajstić information content (AvgIpc) is 3.03. The Morgan fingerprint density at radius 2 is 1.92 bits per heavy atom. The molecule has 0 aliphatic carbocycles. The number of hydrogen-bond donors (Lipinski definition) is 1. The van der Waals surface area contributed by atoms with Gasteiger partial charge in [0.25, 0.3) is 0 Å². The lowest BCUT2D eigenvalue weighted by molar-refractivity contribution is 0.292. The predicted octanol–water partition coefficient (Wildman–Crippen LogP) is 3.72. The Morgan fingerprint density at radius 3 is 2.62 bits per heavy atom. The maximum Gasteiger partial charge on any atom is 0.233 e. The van der Waals surface area contributed by atoms with E-state index in [1.54, 1.807) is 11.7 Å². The number of halogens is 1. The van der Waals surface area contributed by atoms with E-state index in [0.717, 1.165) is 16.9 Å². The molecule has 0 atom stereocenters. The SMILES string of the molecule is Cc1ccc(-n2ccc(OCc3c(Cl)cccc3N(C)N)n2)cc1. The number of nitrogens with zero attached hydrogens (tertiary/aromatic N) is 3. The Morgan fingerprint density at radius 1 is 1.17 bits per heavy atom. The van der Waals surface area contributed by atoms with Gasteiger partial charge in [-0.1, -0.05) is 35.4 Å². The molecule has 0 spiro atoms. The van der Waals surface area contributed by atoms with E-state index in [0.29, 0.717) is 17.5 Å². The van der Waals surface area contributed by atoms with Crippen LogP contribution in [0.4, 0.5) is 5.69 Å². The highest BCUT2D eigenvalue weighted by atomic mass is 35.5. The van der Waals surface area contributed by atoms with Crippen molar-refractivity contribution in [2.24, 2.45) is 5.84 Å². The number of aryl methyl sites for hydroxylation is 1. The smallest absolute Gasteiger partial charge is 0.233 e. The third-order valence-corrected chi connectivity index (χ3v) is 4.06. The zero-order valence-electron chi connectivity index (χ0n) is 13.6. The van der Waals surface area contributed by atoms with E-state index in [1.807, 2.05) is 54.7 Å². The maximum atomic E-state index is 6.27. The second-order valence-corrected chi connectivity index (χ2v) is 5.98. The van der Waals surface area contributed by atoms with E-state index < -0.39 is 0 Å². The first-order chi connectivity index (χ1) is 11.5. The predicted molar refractivity (Wildman–Crippen MR) is 96.7 cm³/mol. The van der Waals surface area contributed by atoms with Crippen LogP contribution >= 0.6 is 11.6 Å². The van der Waals surface area contributed by atoms with Crippen molar-refractivity contribution in [3.63, 3.8) is 0 Å². The van der Waals surface area contributed by atoms with Gasteiger partial charge in [-0.15, -0.1) is 5.10 Å². The molecule has 0 radical (unpaired) electrons. The second kappa shape index (κ2) is 6.95. The summed E-state index contributed by atoms with van der Waals surface area (Å²) in [7, 11) is 1.77. The molecule has 24 heavy (non-hydrogen) atoms. The van der Waals surface area contributed by atoms with Crippen LogP contribution in [-0.4, -0.2) is 16.8 Å². The summed E-state index contributed by atoms with van der Waals surface area (Å²) < 4.78 is 7.57. The molecule has 0 saturated heterocycles. The van der Waals surface area contributed by atoms with Gasteiger partial charge < -0.3 is 9.75 Å². The van der Waals surface area contributed by atoms with Crippen molar-refractivity contribution in [3.05, 3.63) is 70.9 Å². The van der Waals surface area contributed by atoms with E-state index in [-0.39, 0.29) is 0 Å². The quantitative estimate of drug-likeness (QED) is 0.567. The zero-order chi connectivity index (χ0) is 17.1. The summed E-state index contributed by atoms with van der Waals surface area (Å²) >= 11 is 6.27. The number of benzene rings is 2. The van der Waals surface area contributed by atoms with Gasteiger partial charge in [-0.3, -0.25) is 0 Å². The van der Waals surface area contributed by atoms with Crippen molar-refractivity contribution in [1.82, 2.24) is 9.78 Å². The molecule has 124 valence electrons. The van der Waals surface area contributed by atoms with Gasteiger partial charge in [0.15, 0.2) is 0 Å². The van der Waals surface area contributed by atoms with E-state index >= 15 is 0 Å². The molecule has 3 rings (SSSR count). The van der Waals surface area contributed by atoms with Crippen LogP contribution in [-0.2, 0) is 6.61 Å². The van der Waals surface area contributed by atoms with E-state index in [1.165, 1.54) is 10.6 Å². The topological polar surface area (TPSA) is 56.3 Å². The van der Waals surface area contributed by atoms with Crippen LogP contribution in [0.2, 0.25) is 5.02 Å². The lowest BCUT2D eigenvalue weighted by Gasteiger charge is -2.17. The van der Waals surface area contributed by atoms with Gasteiger partial charge >= 0.3 is 0 Å². The van der Waals surface area contributed by atoms with E-state index in [4.69, 9.17) is 22.2 Å². The number of ether oxygens (including phenoxy) is 1. The summed E-state index contributed by atoms with van der Waals surface area (Å²) in [6.07, 6.45) is 1.86. The number of hydrazine groups is 1. The minimum Gasteiger partial charge on any atom is -0.472 e. The lowest BCUT2D eigenvalue weighted by atomic mass is 10.2. The largest absolute Gasteiger partial charge is 0.472 e. The highest BCUT2D eigenvalue weighted by Gasteiger charge is 2.11. The molecule has 0 aliphatic heterocycles. The number of anilines is 1. The van der Waals surface area contributed by atoms with Gasteiger partial charge in [0.2, 0.25) is 5.88 Å². The van der Waals surface area contributed by atoms with Crippen LogP contribution < -0.4 is 15.6 Å². The number of nitrogens with two attached hydrogens (primary N) is 1. The third-order valence-electron chi connectivity index (χ3n) is 3.70. The summed E-state index contributed by atoms with van der Waals surface area (Å²) in [6, 6.07) is 15.5. The van der Waals surface area contributed by atoms with Crippen LogP contribution in [0.5, 0.6) is 5.88 Å². The van der Waals surface area contributed by atoms with Crippen molar-refractivity contribution in [2.75, 3.05) is 12.1 Å². The van der Waals surface area contributed by atoms with Crippen LogP contribution in [0.3, 0.4) is 0 Å². The molecule has 1 aromatic heterocycles. The highest BCUT2D eigenvalue weighted by molar-refractivity contribution is 6.31. The summed E-state index contributed by atoms with van der Waals surface area (Å²) in [5, 5.41) is 6.57. The van der Waals surface area contributed by atoms with Crippen LogP contribution in [0.15, 0.2) is 54.7 Å². The minimum absolute atomic E-state index is 0.293. The van der Waals surface area contributed by atoms with Crippen LogP contribution in [0, 0.1) is 6.92 Å². The molecule has 2 aromatic carbocycles. The standard InChI is InChI=1S/C18H19ClN4O/c1-13-6-8-14(9-7-13)23-11-10-18(21-23)24-12-15-16(19)4-3-5-17(15)22(2)20/h3-11H,12,20H2,1-2H3. The summed E-state index contributed by atoms with van der Waals surface area (Å²) in [4.78, 5) is 0. The van der Waals surface area contributed by atoms with Crippen molar-refractivity contribution in [3.8, 4) is 11.6 Å². The van der Waals surface area contributed by atoms with Gasteiger partial charge in [0, 0.05) is 29.9 Å². The number of aromatic nitrogens is 2. The van der Waals surface area contributed by atoms with E-state index in [2.05, 4.69) is 12.0 Å². The highest BCUT2D eigenvalue weighted by Crippen LogP contribution is 2.27. The molecule has 0 unspecified atom stereocenters. The summed E-state index contributed by atoms with van der Waals surface area (Å²) in [5.74, 6) is 6.37. The summed E-state index contributed by atoms with van der Waals surface area (Å²) in [6.45, 7) is 2.35. The normalized spacial score (nSPS) is 10.7. The molecule has 0 saturated carbocycles. The first kappa shape index (κ1) is 16.4. The fraction of sp³-hybridized carbons (Fsp3) is 0.167. The Kier molecular flexibility index (Phi) is 4.74. The maximum absolute atomic E-state index is 6.27. The number of hydrogen-bond acceptors (Lipinski definition) is 4. The second-order valence-electron chi connectivity index (χ2n) is 5.57. The molecule has 0 bridgehead atoms. The number of rotatable bonds is 5. The first-order valence-electron chi connectivity index (χ1n) is 7.56. The Hall–Kier alpha value is -2.50. The van der Waals surface area contributed by atoms with Crippen LogP contribution in [0.1, 0.15) is 11.1 Å². The molecular formula is C18H19ClN4O. The zero-order valence-corrected chi connectivity index (χ0v) is 14.4.